The lowest BCUT2D eigenvalue weighted by atomic mass is 9.93. The summed E-state index contributed by atoms with van der Waals surface area (Å²) in [5, 5.41) is 6.27. The molecule has 0 radical (unpaired) electrons. The van der Waals surface area contributed by atoms with E-state index in [1.54, 1.807) is 6.07 Å². The lowest BCUT2D eigenvalue weighted by molar-refractivity contribution is -0.142. The van der Waals surface area contributed by atoms with Crippen LogP contribution in [0.15, 0.2) is 24.3 Å². The predicted molar refractivity (Wildman–Crippen MR) is 97.9 cm³/mol. The minimum Gasteiger partial charge on any atom is -0.482 e. The molecule has 0 aromatic heterocycles. The first-order valence-electron chi connectivity index (χ1n) is 8.43. The molecule has 1 heterocycles. The fourth-order valence-electron chi connectivity index (χ4n) is 2.74. The fraction of sp³-hybridized carbons (Fsp3) is 0.556. The largest absolute Gasteiger partial charge is 0.482 e. The summed E-state index contributed by atoms with van der Waals surface area (Å²) >= 11 is 0. The monoisotopic (exact) mass is 370 g/mol. The molecule has 25 heavy (non-hydrogen) atoms. The number of benzene rings is 1. The molecule has 1 aliphatic heterocycles. The van der Waals surface area contributed by atoms with Crippen molar-refractivity contribution in [3.05, 3.63) is 29.8 Å². The quantitative estimate of drug-likeness (QED) is 0.685. The van der Waals surface area contributed by atoms with Gasteiger partial charge in [0.1, 0.15) is 5.75 Å². The van der Waals surface area contributed by atoms with Crippen LogP contribution in [0.2, 0.25) is 0 Å². The molecule has 2 N–H and O–H groups in total. The second-order valence-electron chi connectivity index (χ2n) is 6.02. The normalized spacial score (nSPS) is 14.3. The van der Waals surface area contributed by atoms with Crippen LogP contribution < -0.4 is 15.4 Å². The van der Waals surface area contributed by atoms with E-state index < -0.39 is 5.97 Å². The Bertz CT molecular complexity index is 548. The van der Waals surface area contributed by atoms with Crippen molar-refractivity contribution >= 4 is 24.3 Å². The molecule has 140 valence electrons. The van der Waals surface area contributed by atoms with Crippen molar-refractivity contribution in [3.63, 3.8) is 0 Å². The van der Waals surface area contributed by atoms with Gasteiger partial charge < -0.3 is 20.1 Å². The topological polar surface area (TPSA) is 76.7 Å². The summed E-state index contributed by atoms with van der Waals surface area (Å²) in [6.45, 7) is 2.46. The van der Waals surface area contributed by atoms with Gasteiger partial charge in [0.2, 0.25) is 5.91 Å². The number of esters is 1. The molecule has 0 spiro atoms. The molecule has 0 unspecified atom stereocenters. The van der Waals surface area contributed by atoms with Crippen LogP contribution in [0, 0.1) is 5.92 Å². The van der Waals surface area contributed by atoms with E-state index in [1.165, 1.54) is 7.11 Å². The lowest BCUT2D eigenvalue weighted by Gasteiger charge is -2.22. The van der Waals surface area contributed by atoms with Gasteiger partial charge >= 0.3 is 5.97 Å². The Hall–Kier alpha value is -1.79. The summed E-state index contributed by atoms with van der Waals surface area (Å²) in [6.07, 6.45) is 3.85. The maximum Gasteiger partial charge on any atom is 0.343 e. The summed E-state index contributed by atoms with van der Waals surface area (Å²) in [5.41, 5.74) is 0.938. The maximum absolute atomic E-state index is 12.0. The Labute approximate surface area is 155 Å². The van der Waals surface area contributed by atoms with E-state index in [9.17, 15) is 9.59 Å². The first kappa shape index (κ1) is 21.3. The van der Waals surface area contributed by atoms with Gasteiger partial charge in [-0.15, -0.1) is 12.4 Å². The number of hydrogen-bond donors (Lipinski definition) is 2. The van der Waals surface area contributed by atoms with Gasteiger partial charge in [-0.3, -0.25) is 4.79 Å². The van der Waals surface area contributed by atoms with E-state index >= 15 is 0 Å². The highest BCUT2D eigenvalue weighted by molar-refractivity contribution is 5.85. The number of nitrogens with one attached hydrogen (secondary N) is 2. The zero-order valence-corrected chi connectivity index (χ0v) is 15.4. The van der Waals surface area contributed by atoms with Gasteiger partial charge in [0, 0.05) is 13.0 Å². The van der Waals surface area contributed by atoms with Gasteiger partial charge in [0.05, 0.1) is 7.11 Å². The highest BCUT2D eigenvalue weighted by atomic mass is 35.5. The maximum atomic E-state index is 12.0. The van der Waals surface area contributed by atoms with Gasteiger partial charge in [-0.1, -0.05) is 12.1 Å². The van der Waals surface area contributed by atoms with Crippen molar-refractivity contribution in [2.75, 3.05) is 26.8 Å². The predicted octanol–water partition coefficient (Wildman–Crippen LogP) is 2.06. The van der Waals surface area contributed by atoms with Gasteiger partial charge in [-0.05, 0) is 56.0 Å². The van der Waals surface area contributed by atoms with Crippen molar-refractivity contribution in [2.24, 2.45) is 5.92 Å². The highest BCUT2D eigenvalue weighted by Crippen LogP contribution is 2.17. The molecule has 1 fully saturated rings. The van der Waals surface area contributed by atoms with E-state index in [2.05, 4.69) is 15.4 Å². The molecule has 6 nitrogen and oxygen atoms in total. The van der Waals surface area contributed by atoms with Crippen LogP contribution in [0.1, 0.15) is 31.2 Å². The molecule has 1 saturated heterocycles. The van der Waals surface area contributed by atoms with Gasteiger partial charge in [0.15, 0.2) is 6.61 Å². The number of hydrogen-bond acceptors (Lipinski definition) is 5. The van der Waals surface area contributed by atoms with Crippen molar-refractivity contribution in [1.29, 1.82) is 0 Å². The average molecular weight is 371 g/mol. The molecule has 0 bridgehead atoms. The second-order valence-corrected chi connectivity index (χ2v) is 6.02. The minimum absolute atomic E-state index is 0. The number of piperidine rings is 1. The second kappa shape index (κ2) is 11.7. The van der Waals surface area contributed by atoms with Crippen LogP contribution in [0.4, 0.5) is 0 Å². The highest BCUT2D eigenvalue weighted by Gasteiger charge is 2.14. The molecular formula is C18H27ClN2O4. The zero-order valence-electron chi connectivity index (χ0n) is 14.6. The van der Waals surface area contributed by atoms with Crippen LogP contribution in [0.3, 0.4) is 0 Å². The number of rotatable bonds is 8. The summed E-state index contributed by atoms with van der Waals surface area (Å²) in [7, 11) is 1.32. The summed E-state index contributed by atoms with van der Waals surface area (Å²) in [4.78, 5) is 23.1. The third-order valence-electron chi connectivity index (χ3n) is 4.21. The first-order valence-corrected chi connectivity index (χ1v) is 8.43. The third-order valence-corrected chi connectivity index (χ3v) is 4.21. The van der Waals surface area contributed by atoms with E-state index in [-0.39, 0.29) is 24.9 Å². The molecule has 1 aromatic rings. The molecule has 2 rings (SSSR count). The SMILES string of the molecule is COC(=O)COc1cccc(CNC(=O)CCC2CCNCC2)c1.Cl. The van der Waals surface area contributed by atoms with Crippen LogP contribution in [0.5, 0.6) is 5.75 Å². The van der Waals surface area contributed by atoms with Crippen LogP contribution in [-0.2, 0) is 20.9 Å². The Balaban J connectivity index is 0.00000312. The lowest BCUT2D eigenvalue weighted by Crippen LogP contribution is -2.29. The van der Waals surface area contributed by atoms with Crippen molar-refractivity contribution in [2.45, 2.75) is 32.2 Å². The number of ether oxygens (including phenoxy) is 2. The van der Waals surface area contributed by atoms with Crippen LogP contribution in [-0.4, -0.2) is 38.7 Å². The van der Waals surface area contributed by atoms with Crippen molar-refractivity contribution in [3.8, 4) is 5.75 Å². The summed E-state index contributed by atoms with van der Waals surface area (Å²) in [6, 6.07) is 7.34. The number of methoxy groups -OCH3 is 1. The van der Waals surface area contributed by atoms with Crippen LogP contribution in [0.25, 0.3) is 0 Å². The van der Waals surface area contributed by atoms with Crippen LogP contribution >= 0.6 is 12.4 Å². The minimum atomic E-state index is -0.424. The van der Waals surface area contributed by atoms with E-state index in [0.717, 1.165) is 37.9 Å². The van der Waals surface area contributed by atoms with E-state index in [1.807, 2.05) is 18.2 Å². The van der Waals surface area contributed by atoms with E-state index in [4.69, 9.17) is 4.74 Å². The number of amides is 1. The van der Waals surface area contributed by atoms with Crippen molar-refractivity contribution in [1.82, 2.24) is 10.6 Å². The Kier molecular flexibility index (Phi) is 9.96. The molecule has 1 aromatic carbocycles. The van der Waals surface area contributed by atoms with Crippen molar-refractivity contribution < 1.29 is 19.1 Å². The Morgan fingerprint density at radius 2 is 2.04 bits per heavy atom. The molecular weight excluding hydrogens is 344 g/mol. The summed E-state index contributed by atoms with van der Waals surface area (Å²) < 4.78 is 9.87. The molecule has 0 saturated carbocycles. The third kappa shape index (κ3) is 8.23. The van der Waals surface area contributed by atoms with Gasteiger partial charge in [0.25, 0.3) is 0 Å². The molecule has 1 amide bonds. The Morgan fingerprint density at radius 3 is 2.76 bits per heavy atom. The number of carbonyl (C=O) groups is 2. The smallest absolute Gasteiger partial charge is 0.343 e. The first-order chi connectivity index (χ1) is 11.7. The van der Waals surface area contributed by atoms with Gasteiger partial charge in [-0.25, -0.2) is 4.79 Å². The Morgan fingerprint density at radius 1 is 1.28 bits per heavy atom. The van der Waals surface area contributed by atoms with Gasteiger partial charge in [-0.2, -0.15) is 0 Å². The zero-order chi connectivity index (χ0) is 17.2. The fourth-order valence-corrected chi connectivity index (χ4v) is 2.74. The molecule has 0 atom stereocenters. The summed E-state index contributed by atoms with van der Waals surface area (Å²) in [5.74, 6) is 0.898. The molecule has 1 aliphatic rings. The average Bonchev–Trinajstić information content (AvgIpc) is 2.64. The molecule has 0 aliphatic carbocycles. The number of halogens is 1. The standard InChI is InChI=1S/C18H26N2O4.ClH/c1-23-18(22)13-24-16-4-2-3-15(11-16)12-20-17(21)6-5-14-7-9-19-10-8-14;/h2-4,11,14,19H,5-10,12-13H2,1H3,(H,20,21);1H. The number of carbonyl (C=O) groups excluding carboxylic acids is 2. The molecule has 7 heteroatoms. The van der Waals surface area contributed by atoms with E-state index in [0.29, 0.717) is 24.6 Å².